The molecule has 1 aromatic carbocycles. The van der Waals surface area contributed by atoms with Gasteiger partial charge < -0.3 is 4.57 Å². The summed E-state index contributed by atoms with van der Waals surface area (Å²) in [4.78, 5) is 4.90. The first-order valence-corrected chi connectivity index (χ1v) is 9.61. The maximum Gasteiger partial charge on any atom is 0.111 e. The van der Waals surface area contributed by atoms with Crippen LogP contribution in [0.5, 0.6) is 0 Å². The third kappa shape index (κ3) is 1.79. The Balaban J connectivity index is 1.63. The number of nitrogens with zero attached hydrogens (tertiary/aromatic N) is 2. The minimum absolute atomic E-state index is 0.662. The number of halogens is 2. The second-order valence-corrected chi connectivity index (χ2v) is 8.57. The van der Waals surface area contributed by atoms with Crippen LogP contribution in [0.1, 0.15) is 31.1 Å². The molecule has 4 unspecified atom stereocenters. The lowest BCUT2D eigenvalue weighted by Gasteiger charge is -2.14. The molecule has 1 heterocycles. The lowest BCUT2D eigenvalue weighted by molar-refractivity contribution is 0.452. The number of hydrogen-bond acceptors (Lipinski definition) is 1. The quantitative estimate of drug-likeness (QED) is 0.530. The lowest BCUT2D eigenvalue weighted by atomic mass is 10.0. The van der Waals surface area contributed by atoms with Crippen molar-refractivity contribution in [2.45, 2.75) is 31.7 Å². The maximum atomic E-state index is 6.03. The van der Waals surface area contributed by atoms with E-state index in [4.69, 9.17) is 16.6 Å². The molecular formula is C17H18ClIN2. The van der Waals surface area contributed by atoms with Crippen LogP contribution >= 0.6 is 34.2 Å². The van der Waals surface area contributed by atoms with E-state index in [1.807, 2.05) is 0 Å². The largest absolute Gasteiger partial charge is 0.324 e. The van der Waals surface area contributed by atoms with Crippen molar-refractivity contribution in [3.63, 3.8) is 0 Å². The highest BCUT2D eigenvalue weighted by atomic mass is 127. The van der Waals surface area contributed by atoms with Gasteiger partial charge in [0.1, 0.15) is 5.82 Å². The molecule has 0 N–H and O–H groups in total. The van der Waals surface area contributed by atoms with Crippen LogP contribution in [0.25, 0.3) is 11.0 Å². The molecule has 3 aliphatic carbocycles. The number of rotatable bonds is 3. The summed E-state index contributed by atoms with van der Waals surface area (Å²) in [5, 5.41) is 0. The van der Waals surface area contributed by atoms with Crippen molar-refractivity contribution in [1.29, 1.82) is 0 Å². The van der Waals surface area contributed by atoms with Crippen molar-refractivity contribution in [3.05, 3.63) is 27.6 Å². The summed E-state index contributed by atoms with van der Waals surface area (Å²) in [6, 6.07) is 7.40. The minimum Gasteiger partial charge on any atom is -0.324 e. The Labute approximate surface area is 143 Å². The average molecular weight is 413 g/mol. The number of hydrogen-bond donors (Lipinski definition) is 0. The Morgan fingerprint density at radius 1 is 1.24 bits per heavy atom. The second kappa shape index (κ2) is 4.60. The molecule has 0 spiro atoms. The van der Waals surface area contributed by atoms with Crippen LogP contribution in [0.15, 0.2) is 18.2 Å². The van der Waals surface area contributed by atoms with Gasteiger partial charge in [0, 0.05) is 21.9 Å². The summed E-state index contributed by atoms with van der Waals surface area (Å²) in [7, 11) is 0. The molecule has 4 heteroatoms. The van der Waals surface area contributed by atoms with Crippen molar-refractivity contribution in [2.75, 3.05) is 5.88 Å². The van der Waals surface area contributed by atoms with E-state index < -0.39 is 0 Å². The van der Waals surface area contributed by atoms with Crippen LogP contribution in [-0.2, 0) is 6.42 Å². The van der Waals surface area contributed by atoms with Gasteiger partial charge in [-0.3, -0.25) is 0 Å². The normalized spacial score (nSPS) is 36.4. The zero-order valence-electron chi connectivity index (χ0n) is 11.8. The van der Waals surface area contributed by atoms with Gasteiger partial charge in [0.2, 0.25) is 0 Å². The first-order valence-electron chi connectivity index (χ1n) is 8.00. The zero-order chi connectivity index (χ0) is 14.1. The Morgan fingerprint density at radius 3 is 2.71 bits per heavy atom. The molecule has 21 heavy (non-hydrogen) atoms. The molecule has 2 nitrogen and oxygen atoms in total. The van der Waals surface area contributed by atoms with Crippen LogP contribution < -0.4 is 0 Å². The highest BCUT2D eigenvalue weighted by molar-refractivity contribution is 14.1. The summed E-state index contributed by atoms with van der Waals surface area (Å²) in [5.41, 5.74) is 2.48. The molecule has 0 aliphatic heterocycles. The molecule has 0 radical (unpaired) electrons. The zero-order valence-corrected chi connectivity index (χ0v) is 14.7. The Bertz CT molecular complexity index is 709. The molecule has 3 aliphatic rings. The standard InChI is InChI=1S/C17H18ClIN2/c18-6-5-14-20-12-8-11(19)3-4-13(12)21(14)17-15-9-1-2-10(7-9)16(15)17/h3-4,8-10,15-17H,1-2,5-7H2. The average Bonchev–Trinajstić information content (AvgIpc) is 2.82. The first-order chi connectivity index (χ1) is 10.3. The van der Waals surface area contributed by atoms with E-state index >= 15 is 0 Å². The molecular weight excluding hydrogens is 395 g/mol. The third-order valence-electron chi connectivity index (χ3n) is 6.04. The molecule has 2 bridgehead atoms. The van der Waals surface area contributed by atoms with E-state index in [1.165, 1.54) is 34.2 Å². The van der Waals surface area contributed by atoms with Crippen LogP contribution in [0, 0.1) is 27.2 Å². The van der Waals surface area contributed by atoms with Crippen LogP contribution in [0.4, 0.5) is 0 Å². The van der Waals surface area contributed by atoms with Gasteiger partial charge in [-0.2, -0.15) is 0 Å². The Morgan fingerprint density at radius 2 is 2.00 bits per heavy atom. The van der Waals surface area contributed by atoms with Crippen LogP contribution in [0.2, 0.25) is 0 Å². The van der Waals surface area contributed by atoms with Gasteiger partial charge in [-0.05, 0) is 83.7 Å². The number of fused-ring (bicyclic) bond motifs is 6. The number of aryl methyl sites for hydroxylation is 1. The van der Waals surface area contributed by atoms with Gasteiger partial charge in [-0.1, -0.05) is 0 Å². The molecule has 3 saturated carbocycles. The lowest BCUT2D eigenvalue weighted by Crippen LogP contribution is -2.09. The van der Waals surface area contributed by atoms with E-state index in [1.54, 1.807) is 0 Å². The topological polar surface area (TPSA) is 17.8 Å². The van der Waals surface area contributed by atoms with E-state index in [2.05, 4.69) is 45.4 Å². The number of alkyl halides is 1. The van der Waals surface area contributed by atoms with E-state index in [-0.39, 0.29) is 0 Å². The maximum absolute atomic E-state index is 6.03. The highest BCUT2D eigenvalue weighted by Crippen LogP contribution is 2.72. The van der Waals surface area contributed by atoms with E-state index in [9.17, 15) is 0 Å². The summed E-state index contributed by atoms with van der Waals surface area (Å²) < 4.78 is 3.83. The van der Waals surface area contributed by atoms with Gasteiger partial charge >= 0.3 is 0 Å². The number of benzene rings is 1. The first kappa shape index (κ1) is 13.2. The van der Waals surface area contributed by atoms with Crippen molar-refractivity contribution >= 4 is 45.2 Å². The van der Waals surface area contributed by atoms with Crippen LogP contribution in [-0.4, -0.2) is 15.4 Å². The predicted octanol–water partition coefficient (Wildman–Crippen LogP) is 4.64. The molecule has 2 aromatic rings. The fourth-order valence-corrected chi connectivity index (χ4v) is 5.98. The van der Waals surface area contributed by atoms with Gasteiger partial charge in [0.25, 0.3) is 0 Å². The minimum atomic E-state index is 0.662. The van der Waals surface area contributed by atoms with Crippen molar-refractivity contribution < 1.29 is 0 Å². The van der Waals surface area contributed by atoms with Crippen molar-refractivity contribution in [2.24, 2.45) is 23.7 Å². The molecule has 5 rings (SSSR count). The Kier molecular flexibility index (Phi) is 2.89. The summed E-state index contributed by atoms with van der Waals surface area (Å²) >= 11 is 8.40. The van der Waals surface area contributed by atoms with Crippen molar-refractivity contribution in [3.8, 4) is 0 Å². The van der Waals surface area contributed by atoms with Crippen molar-refractivity contribution in [1.82, 2.24) is 9.55 Å². The monoisotopic (exact) mass is 412 g/mol. The van der Waals surface area contributed by atoms with Gasteiger partial charge in [0.05, 0.1) is 11.0 Å². The van der Waals surface area contributed by atoms with E-state index in [0.717, 1.165) is 41.7 Å². The van der Waals surface area contributed by atoms with Gasteiger partial charge in [-0.15, -0.1) is 11.6 Å². The molecule has 110 valence electrons. The van der Waals surface area contributed by atoms with Crippen LogP contribution in [0.3, 0.4) is 0 Å². The summed E-state index contributed by atoms with van der Waals surface area (Å²) in [6.45, 7) is 0. The number of aromatic nitrogens is 2. The van der Waals surface area contributed by atoms with E-state index in [0.29, 0.717) is 5.88 Å². The number of imidazole rings is 1. The van der Waals surface area contributed by atoms with Gasteiger partial charge in [-0.25, -0.2) is 4.98 Å². The smallest absolute Gasteiger partial charge is 0.111 e. The molecule has 3 fully saturated rings. The molecule has 0 amide bonds. The third-order valence-corrected chi connectivity index (χ3v) is 6.90. The predicted molar refractivity (Wildman–Crippen MR) is 93.7 cm³/mol. The molecule has 4 atom stereocenters. The highest BCUT2D eigenvalue weighted by Gasteiger charge is 2.66. The molecule has 1 aromatic heterocycles. The fourth-order valence-electron chi connectivity index (χ4n) is 5.34. The fraction of sp³-hybridized carbons (Fsp3) is 0.588. The summed E-state index contributed by atoms with van der Waals surface area (Å²) in [5.74, 6) is 5.74. The second-order valence-electron chi connectivity index (χ2n) is 6.95. The summed E-state index contributed by atoms with van der Waals surface area (Å²) in [6.07, 6.45) is 5.33. The molecule has 0 saturated heterocycles. The van der Waals surface area contributed by atoms with Gasteiger partial charge in [0.15, 0.2) is 0 Å². The SMILES string of the molecule is ClCCc1nc2cc(I)ccc2n1C1C2C3CCC(C3)C21. The Hall–Kier alpha value is -0.290.